The van der Waals surface area contributed by atoms with Crippen molar-refractivity contribution in [1.82, 2.24) is 0 Å². The maximum Gasteiger partial charge on any atom is 0.441 e. The molecule has 3 N–H and O–H groups in total. The van der Waals surface area contributed by atoms with E-state index in [1.807, 2.05) is 65.9 Å². The first-order valence-corrected chi connectivity index (χ1v) is 6.72. The molecule has 2 aromatic carbocycles. The van der Waals surface area contributed by atoms with E-state index in [9.17, 15) is 9.90 Å². The number of benzene rings is 2. The molecule has 102 valence electrons. The lowest BCUT2D eigenvalue weighted by molar-refractivity contribution is -0.551. The van der Waals surface area contributed by atoms with E-state index in [0.29, 0.717) is 0 Å². The van der Waals surface area contributed by atoms with Gasteiger partial charge in [0, 0.05) is 0 Å². The second-order valence-electron chi connectivity index (χ2n) is 5.09. The molecule has 0 aromatic heterocycles. The zero-order chi connectivity index (χ0) is 14.0. The molecule has 4 nitrogen and oxygen atoms in total. The average molecular weight is 269 g/mol. The van der Waals surface area contributed by atoms with E-state index in [-0.39, 0.29) is 12.6 Å². The fourth-order valence-electron chi connectivity index (χ4n) is 2.88. The van der Waals surface area contributed by atoms with Crippen LogP contribution in [0.1, 0.15) is 0 Å². The van der Waals surface area contributed by atoms with Gasteiger partial charge in [-0.25, -0.2) is 4.79 Å². The Balaban J connectivity index is 2.13. The molecule has 1 heterocycles. The number of quaternary nitrogens is 1. The molecule has 0 amide bonds. The largest absolute Gasteiger partial charge is 0.627 e. The SMILES string of the molecule is O=C1O[B-](c2ccccc2)(c2ccccc2)[NH2+]C1CO. The summed E-state index contributed by atoms with van der Waals surface area (Å²) in [6.07, 6.45) is 0. The van der Waals surface area contributed by atoms with Crippen molar-refractivity contribution < 1.29 is 19.8 Å². The topological polar surface area (TPSA) is 63.1 Å². The maximum atomic E-state index is 12.0. The van der Waals surface area contributed by atoms with Gasteiger partial charge in [0.15, 0.2) is 6.04 Å². The Bertz CT molecular complexity index is 564. The van der Waals surface area contributed by atoms with Gasteiger partial charge in [0.1, 0.15) is 6.61 Å². The smallest absolute Gasteiger partial charge is 0.441 e. The van der Waals surface area contributed by atoms with Crippen LogP contribution in [0.25, 0.3) is 0 Å². The van der Waals surface area contributed by atoms with Gasteiger partial charge >= 0.3 is 12.5 Å². The van der Waals surface area contributed by atoms with Crippen molar-refractivity contribution in [2.45, 2.75) is 6.04 Å². The Kier molecular flexibility index (Phi) is 3.30. The highest BCUT2D eigenvalue weighted by molar-refractivity contribution is 6.92. The molecule has 1 saturated heterocycles. The summed E-state index contributed by atoms with van der Waals surface area (Å²) in [5.74, 6) is -0.361. The van der Waals surface area contributed by atoms with Gasteiger partial charge < -0.3 is 15.0 Å². The highest BCUT2D eigenvalue weighted by Crippen LogP contribution is 2.07. The normalized spacial score (nSPS) is 20.6. The van der Waals surface area contributed by atoms with Gasteiger partial charge in [0.05, 0.1) is 0 Å². The van der Waals surface area contributed by atoms with Crippen molar-refractivity contribution in [3.8, 4) is 0 Å². The molecule has 1 aliphatic rings. The Labute approximate surface area is 117 Å². The summed E-state index contributed by atoms with van der Waals surface area (Å²) in [5.41, 5.74) is 1.89. The summed E-state index contributed by atoms with van der Waals surface area (Å²) < 4.78 is 5.73. The van der Waals surface area contributed by atoms with Crippen LogP contribution in [-0.2, 0) is 9.45 Å². The van der Waals surface area contributed by atoms with Gasteiger partial charge in [-0.2, -0.15) is 0 Å². The van der Waals surface area contributed by atoms with E-state index in [4.69, 9.17) is 4.65 Å². The molecule has 1 atom stereocenters. The van der Waals surface area contributed by atoms with Crippen molar-refractivity contribution in [3.63, 3.8) is 0 Å². The van der Waals surface area contributed by atoms with Gasteiger partial charge in [-0.1, -0.05) is 71.6 Å². The summed E-state index contributed by atoms with van der Waals surface area (Å²) in [5, 5.41) is 11.2. The van der Waals surface area contributed by atoms with Crippen molar-refractivity contribution in [2.24, 2.45) is 0 Å². The third-order valence-corrected chi connectivity index (χ3v) is 3.89. The second-order valence-corrected chi connectivity index (χ2v) is 5.09. The fourth-order valence-corrected chi connectivity index (χ4v) is 2.88. The minimum absolute atomic E-state index is 0.220. The molecule has 20 heavy (non-hydrogen) atoms. The third kappa shape index (κ3) is 2.01. The molecule has 0 radical (unpaired) electrons. The molecule has 1 fully saturated rings. The predicted molar refractivity (Wildman–Crippen MR) is 76.8 cm³/mol. The van der Waals surface area contributed by atoms with Crippen LogP contribution in [0.3, 0.4) is 0 Å². The van der Waals surface area contributed by atoms with Crippen LogP contribution in [0.5, 0.6) is 0 Å². The molecule has 0 saturated carbocycles. The van der Waals surface area contributed by atoms with E-state index in [1.165, 1.54) is 0 Å². The van der Waals surface area contributed by atoms with Crippen LogP contribution >= 0.6 is 0 Å². The number of hydrogen-bond donors (Lipinski definition) is 2. The molecule has 1 unspecified atom stereocenters. The summed E-state index contributed by atoms with van der Waals surface area (Å²) >= 11 is 0. The van der Waals surface area contributed by atoms with E-state index in [1.54, 1.807) is 0 Å². The summed E-state index contributed by atoms with van der Waals surface area (Å²) in [6.45, 7) is -1.92. The lowest BCUT2D eigenvalue weighted by atomic mass is 9.42. The molecular weight excluding hydrogens is 253 g/mol. The van der Waals surface area contributed by atoms with E-state index < -0.39 is 12.5 Å². The molecule has 2 aromatic rings. The number of aliphatic hydroxyl groups excluding tert-OH is 1. The van der Waals surface area contributed by atoms with Crippen molar-refractivity contribution >= 4 is 23.4 Å². The first-order chi connectivity index (χ1) is 9.76. The average Bonchev–Trinajstić information content (AvgIpc) is 2.87. The van der Waals surface area contributed by atoms with Crippen LogP contribution in [-0.4, -0.2) is 30.2 Å². The number of rotatable bonds is 3. The van der Waals surface area contributed by atoms with Gasteiger partial charge in [0.2, 0.25) is 0 Å². The zero-order valence-corrected chi connectivity index (χ0v) is 11.0. The summed E-state index contributed by atoms with van der Waals surface area (Å²) in [6, 6.07) is 18.8. The minimum Gasteiger partial charge on any atom is -0.627 e. The lowest BCUT2D eigenvalue weighted by Gasteiger charge is -2.31. The number of hydrogen-bond acceptors (Lipinski definition) is 3. The number of carbonyl (C=O) groups is 1. The van der Waals surface area contributed by atoms with E-state index >= 15 is 0 Å². The Hall–Kier alpha value is -2.11. The highest BCUT2D eigenvalue weighted by Gasteiger charge is 2.49. The maximum absolute atomic E-state index is 12.0. The van der Waals surface area contributed by atoms with Gasteiger partial charge in [-0.3, -0.25) is 0 Å². The highest BCUT2D eigenvalue weighted by atomic mass is 16.5. The number of nitrogens with two attached hydrogens (primary N) is 1. The molecule has 0 aliphatic carbocycles. The third-order valence-electron chi connectivity index (χ3n) is 3.89. The Morgan fingerprint density at radius 2 is 1.50 bits per heavy atom. The molecule has 3 rings (SSSR count). The van der Waals surface area contributed by atoms with Gasteiger partial charge in [-0.05, 0) is 0 Å². The molecule has 0 spiro atoms. The fraction of sp³-hybridized carbons (Fsp3) is 0.133. The molecule has 5 heteroatoms. The Morgan fingerprint density at radius 3 is 1.90 bits per heavy atom. The van der Waals surface area contributed by atoms with Crippen LogP contribution in [0.15, 0.2) is 60.7 Å². The van der Waals surface area contributed by atoms with Crippen LogP contribution < -0.4 is 16.2 Å². The summed E-state index contributed by atoms with van der Waals surface area (Å²) in [7, 11) is 0. The molecule has 0 bridgehead atoms. The van der Waals surface area contributed by atoms with Crippen LogP contribution in [0, 0.1) is 0 Å². The van der Waals surface area contributed by atoms with E-state index in [2.05, 4.69) is 0 Å². The monoisotopic (exact) mass is 269 g/mol. The predicted octanol–water partition coefficient (Wildman–Crippen LogP) is -1.28. The number of carbonyl (C=O) groups excluding carboxylic acids is 1. The first-order valence-electron chi connectivity index (χ1n) is 6.72. The number of aliphatic hydroxyl groups is 1. The standard InChI is InChI=1S/C15H16BNO3/c18-11-14-15(19)20-16(17-14,12-7-3-1-4-8-12)13-9-5-2-6-10-13/h1-10,14,18H,11,17H2. The molecular formula is C15H16BNO3. The second kappa shape index (κ2) is 5.11. The van der Waals surface area contributed by atoms with Crippen molar-refractivity contribution in [1.29, 1.82) is 0 Å². The Morgan fingerprint density at radius 1 is 1.00 bits per heavy atom. The quantitative estimate of drug-likeness (QED) is 0.683. The van der Waals surface area contributed by atoms with Crippen LogP contribution in [0.2, 0.25) is 0 Å². The molecule has 1 aliphatic heterocycles. The zero-order valence-electron chi connectivity index (χ0n) is 11.0. The lowest BCUT2D eigenvalue weighted by Crippen LogP contribution is -3.08. The van der Waals surface area contributed by atoms with Gasteiger partial charge in [-0.15, -0.1) is 0 Å². The van der Waals surface area contributed by atoms with Crippen molar-refractivity contribution in [3.05, 3.63) is 60.7 Å². The van der Waals surface area contributed by atoms with Crippen LogP contribution in [0.4, 0.5) is 0 Å². The van der Waals surface area contributed by atoms with Crippen molar-refractivity contribution in [2.75, 3.05) is 6.61 Å². The summed E-state index contributed by atoms with van der Waals surface area (Å²) in [4.78, 5) is 12.0. The van der Waals surface area contributed by atoms with E-state index in [0.717, 1.165) is 10.9 Å². The minimum atomic E-state index is -1.70. The van der Waals surface area contributed by atoms with Gasteiger partial charge in [0.25, 0.3) is 0 Å². The first kappa shape index (κ1) is 12.9.